The summed E-state index contributed by atoms with van der Waals surface area (Å²) in [6.07, 6.45) is 3.24. The van der Waals surface area contributed by atoms with Crippen molar-refractivity contribution >= 4 is 5.97 Å². The fourth-order valence-corrected chi connectivity index (χ4v) is 1.50. The number of rotatable bonds is 6. The Morgan fingerprint density at radius 1 is 1.25 bits per heavy atom. The van der Waals surface area contributed by atoms with Gasteiger partial charge in [-0.1, -0.05) is 12.5 Å². The Morgan fingerprint density at radius 2 is 2.00 bits per heavy atom. The van der Waals surface area contributed by atoms with Crippen LogP contribution >= 0.6 is 0 Å². The van der Waals surface area contributed by atoms with Crippen LogP contribution in [0.3, 0.4) is 0 Å². The summed E-state index contributed by atoms with van der Waals surface area (Å²) in [6.45, 7) is 0. The minimum atomic E-state index is -0.778. The number of phenolic OH excluding ortho intramolecular Hbond substituents is 1. The van der Waals surface area contributed by atoms with E-state index in [1.807, 2.05) is 0 Å². The number of carboxylic acid groups (broad SMARTS) is 1. The van der Waals surface area contributed by atoms with Crippen LogP contribution in [0.25, 0.3) is 0 Å². The first kappa shape index (κ1) is 12.5. The fraction of sp³-hybridized carbons (Fsp3) is 0.417. The molecule has 0 amide bonds. The van der Waals surface area contributed by atoms with E-state index in [1.165, 1.54) is 12.1 Å². The van der Waals surface area contributed by atoms with Crippen molar-refractivity contribution < 1.29 is 19.4 Å². The summed E-state index contributed by atoms with van der Waals surface area (Å²) in [7, 11) is 0. The predicted molar refractivity (Wildman–Crippen MR) is 57.9 cm³/mol. The molecule has 0 aliphatic rings. The van der Waals surface area contributed by atoms with Crippen molar-refractivity contribution in [3.63, 3.8) is 0 Å². The second-order valence-corrected chi connectivity index (χ2v) is 3.74. The number of carboxylic acids is 1. The molecule has 0 bridgehead atoms. The first-order valence-electron chi connectivity index (χ1n) is 5.29. The van der Waals surface area contributed by atoms with Crippen molar-refractivity contribution in [3.8, 4) is 5.75 Å². The summed E-state index contributed by atoms with van der Waals surface area (Å²) in [5.74, 6) is -1.72. The molecule has 0 unspecified atom stereocenters. The molecule has 1 aromatic rings. The molecule has 0 aliphatic heterocycles. The number of benzene rings is 1. The first-order chi connectivity index (χ1) is 7.59. The van der Waals surface area contributed by atoms with Crippen LogP contribution in [0.1, 0.15) is 31.2 Å². The highest BCUT2D eigenvalue weighted by molar-refractivity contribution is 5.66. The lowest BCUT2D eigenvalue weighted by Crippen LogP contribution is -1.94. The monoisotopic (exact) mass is 226 g/mol. The fourth-order valence-electron chi connectivity index (χ4n) is 1.50. The normalized spacial score (nSPS) is 10.3. The smallest absolute Gasteiger partial charge is 0.303 e. The van der Waals surface area contributed by atoms with E-state index in [0.29, 0.717) is 6.42 Å². The number of aryl methyl sites for hydroxylation is 1. The number of carbonyl (C=O) groups is 1. The van der Waals surface area contributed by atoms with E-state index >= 15 is 0 Å². The Morgan fingerprint density at radius 3 is 2.62 bits per heavy atom. The van der Waals surface area contributed by atoms with Gasteiger partial charge in [-0.3, -0.25) is 4.79 Å². The molecule has 0 heterocycles. The van der Waals surface area contributed by atoms with Crippen LogP contribution in [0.2, 0.25) is 0 Å². The van der Waals surface area contributed by atoms with Gasteiger partial charge in [-0.15, -0.1) is 0 Å². The summed E-state index contributed by atoms with van der Waals surface area (Å²) in [5.41, 5.74) is 0.870. The molecule has 0 fully saturated rings. The number of aromatic hydroxyl groups is 1. The van der Waals surface area contributed by atoms with E-state index in [1.54, 1.807) is 6.07 Å². The van der Waals surface area contributed by atoms with Crippen molar-refractivity contribution in [3.05, 3.63) is 29.6 Å². The minimum absolute atomic E-state index is 0.189. The maximum absolute atomic E-state index is 12.7. The van der Waals surface area contributed by atoms with E-state index < -0.39 is 11.8 Å². The summed E-state index contributed by atoms with van der Waals surface area (Å²) in [4.78, 5) is 10.2. The Labute approximate surface area is 93.5 Å². The van der Waals surface area contributed by atoms with E-state index in [0.717, 1.165) is 24.8 Å². The highest BCUT2D eigenvalue weighted by Crippen LogP contribution is 2.18. The van der Waals surface area contributed by atoms with Crippen molar-refractivity contribution in [2.75, 3.05) is 0 Å². The molecule has 4 heteroatoms. The van der Waals surface area contributed by atoms with E-state index in [-0.39, 0.29) is 12.2 Å². The Hall–Kier alpha value is -1.58. The molecular weight excluding hydrogens is 211 g/mol. The number of hydrogen-bond acceptors (Lipinski definition) is 2. The Balaban J connectivity index is 2.27. The van der Waals surface area contributed by atoms with Crippen LogP contribution in [0.4, 0.5) is 4.39 Å². The van der Waals surface area contributed by atoms with E-state index in [4.69, 9.17) is 10.2 Å². The third-order valence-electron chi connectivity index (χ3n) is 2.37. The molecule has 0 aromatic heterocycles. The molecule has 0 saturated heterocycles. The lowest BCUT2D eigenvalue weighted by atomic mass is 10.1. The number of halogens is 1. The number of hydrogen-bond donors (Lipinski definition) is 2. The van der Waals surface area contributed by atoms with Gasteiger partial charge in [0.15, 0.2) is 11.6 Å². The summed E-state index contributed by atoms with van der Waals surface area (Å²) >= 11 is 0. The molecular formula is C12H15FO3. The first-order valence-corrected chi connectivity index (χ1v) is 5.29. The number of phenols is 1. The lowest BCUT2D eigenvalue weighted by molar-refractivity contribution is -0.137. The van der Waals surface area contributed by atoms with Crippen LogP contribution in [0.5, 0.6) is 5.75 Å². The van der Waals surface area contributed by atoms with Gasteiger partial charge in [0.05, 0.1) is 0 Å². The van der Waals surface area contributed by atoms with Crippen LogP contribution in [0.15, 0.2) is 18.2 Å². The molecule has 3 nitrogen and oxygen atoms in total. The summed E-state index contributed by atoms with van der Waals surface area (Å²) in [6, 6.07) is 4.28. The molecule has 1 rings (SSSR count). The number of unbranched alkanes of at least 4 members (excludes halogenated alkanes) is 2. The molecule has 0 radical (unpaired) electrons. The quantitative estimate of drug-likeness (QED) is 0.733. The molecule has 0 atom stereocenters. The van der Waals surface area contributed by atoms with Gasteiger partial charge in [-0.05, 0) is 37.0 Å². The average Bonchev–Trinajstić information content (AvgIpc) is 2.22. The second kappa shape index (κ2) is 6.10. The van der Waals surface area contributed by atoms with Crippen molar-refractivity contribution in [2.24, 2.45) is 0 Å². The Kier molecular flexibility index (Phi) is 4.76. The average molecular weight is 226 g/mol. The van der Waals surface area contributed by atoms with Crippen molar-refractivity contribution in [2.45, 2.75) is 32.1 Å². The van der Waals surface area contributed by atoms with Crippen LogP contribution in [-0.4, -0.2) is 16.2 Å². The van der Waals surface area contributed by atoms with E-state index in [2.05, 4.69) is 0 Å². The molecule has 0 spiro atoms. The topological polar surface area (TPSA) is 57.5 Å². The molecule has 2 N–H and O–H groups in total. The molecule has 0 saturated carbocycles. The van der Waals surface area contributed by atoms with Crippen molar-refractivity contribution in [1.82, 2.24) is 0 Å². The zero-order valence-electron chi connectivity index (χ0n) is 8.95. The van der Waals surface area contributed by atoms with Gasteiger partial charge >= 0.3 is 5.97 Å². The summed E-state index contributed by atoms with van der Waals surface area (Å²) in [5, 5.41) is 17.5. The number of aliphatic carboxylic acids is 1. The highest BCUT2D eigenvalue weighted by atomic mass is 19.1. The standard InChI is InChI=1S/C12H15FO3/c13-10-7-6-9(8-11(10)14)4-2-1-3-5-12(15)16/h6-8,14H,1-5H2,(H,15,16). The molecule has 0 aliphatic carbocycles. The minimum Gasteiger partial charge on any atom is -0.505 e. The van der Waals surface area contributed by atoms with Gasteiger partial charge in [-0.25, -0.2) is 4.39 Å². The van der Waals surface area contributed by atoms with Gasteiger partial charge in [-0.2, -0.15) is 0 Å². The maximum atomic E-state index is 12.7. The highest BCUT2D eigenvalue weighted by Gasteiger charge is 2.02. The zero-order valence-corrected chi connectivity index (χ0v) is 8.95. The van der Waals surface area contributed by atoms with Gasteiger partial charge in [0.25, 0.3) is 0 Å². The Bertz CT molecular complexity index is 363. The zero-order chi connectivity index (χ0) is 12.0. The molecule has 1 aromatic carbocycles. The third kappa shape index (κ3) is 4.29. The molecule has 16 heavy (non-hydrogen) atoms. The van der Waals surface area contributed by atoms with Gasteiger partial charge in [0.1, 0.15) is 0 Å². The lowest BCUT2D eigenvalue weighted by Gasteiger charge is -2.02. The van der Waals surface area contributed by atoms with Gasteiger partial charge < -0.3 is 10.2 Å². The maximum Gasteiger partial charge on any atom is 0.303 e. The van der Waals surface area contributed by atoms with Crippen LogP contribution < -0.4 is 0 Å². The van der Waals surface area contributed by atoms with Crippen molar-refractivity contribution in [1.29, 1.82) is 0 Å². The molecule has 88 valence electrons. The third-order valence-corrected chi connectivity index (χ3v) is 2.37. The summed E-state index contributed by atoms with van der Waals surface area (Å²) < 4.78 is 12.7. The SMILES string of the molecule is O=C(O)CCCCCc1ccc(F)c(O)c1. The van der Waals surface area contributed by atoms with E-state index in [9.17, 15) is 9.18 Å². The van der Waals surface area contributed by atoms with Gasteiger partial charge in [0, 0.05) is 6.42 Å². The second-order valence-electron chi connectivity index (χ2n) is 3.74. The van der Waals surface area contributed by atoms with Crippen LogP contribution in [0, 0.1) is 5.82 Å². The van der Waals surface area contributed by atoms with Gasteiger partial charge in [0.2, 0.25) is 0 Å². The largest absolute Gasteiger partial charge is 0.505 e. The van der Waals surface area contributed by atoms with Crippen LogP contribution in [-0.2, 0) is 11.2 Å². The predicted octanol–water partition coefficient (Wildman–Crippen LogP) is 2.72.